The van der Waals surface area contributed by atoms with Gasteiger partial charge < -0.3 is 15.1 Å². The van der Waals surface area contributed by atoms with Crippen LogP contribution in [0.5, 0.6) is 5.75 Å². The molecule has 108 valence electrons. The second-order valence-corrected chi connectivity index (χ2v) is 5.41. The Hall–Kier alpha value is -2.04. The highest BCUT2D eigenvalue weighted by Crippen LogP contribution is 2.26. The zero-order valence-corrected chi connectivity index (χ0v) is 11.7. The van der Waals surface area contributed by atoms with Gasteiger partial charge in [0.1, 0.15) is 5.75 Å². The van der Waals surface area contributed by atoms with E-state index in [2.05, 4.69) is 0 Å². The molecule has 5 nitrogen and oxygen atoms in total. The van der Waals surface area contributed by atoms with Gasteiger partial charge in [0.2, 0.25) is 0 Å². The average Bonchev–Trinajstić information content (AvgIpc) is 2.37. The Morgan fingerprint density at radius 3 is 2.60 bits per heavy atom. The van der Waals surface area contributed by atoms with Gasteiger partial charge in [-0.05, 0) is 50.5 Å². The number of aryl methyl sites for hydroxylation is 1. The summed E-state index contributed by atoms with van der Waals surface area (Å²) >= 11 is 0. The fourth-order valence-corrected chi connectivity index (χ4v) is 2.74. The Kier molecular flexibility index (Phi) is 3.97. The quantitative estimate of drug-likeness (QED) is 0.867. The number of hydrogen-bond acceptors (Lipinski definition) is 3. The molecule has 2 unspecified atom stereocenters. The summed E-state index contributed by atoms with van der Waals surface area (Å²) in [6, 6.07) is 4.57. The molecule has 1 aliphatic rings. The summed E-state index contributed by atoms with van der Waals surface area (Å²) in [5.74, 6) is -1.12. The van der Waals surface area contributed by atoms with Crippen molar-refractivity contribution in [1.82, 2.24) is 4.90 Å². The van der Waals surface area contributed by atoms with E-state index in [1.54, 1.807) is 24.0 Å². The molecule has 1 heterocycles. The summed E-state index contributed by atoms with van der Waals surface area (Å²) in [7, 11) is 0. The molecule has 0 radical (unpaired) electrons. The van der Waals surface area contributed by atoms with Crippen LogP contribution >= 0.6 is 0 Å². The first-order valence-electron chi connectivity index (χ1n) is 6.73. The normalized spacial score (nSPS) is 22.6. The molecule has 1 aromatic rings. The third-order valence-corrected chi connectivity index (χ3v) is 3.93. The van der Waals surface area contributed by atoms with E-state index in [9.17, 15) is 14.7 Å². The minimum absolute atomic E-state index is 0.0921. The number of carbonyl (C=O) groups is 2. The van der Waals surface area contributed by atoms with Crippen molar-refractivity contribution in [2.75, 3.05) is 6.54 Å². The van der Waals surface area contributed by atoms with Crippen molar-refractivity contribution in [3.8, 4) is 5.75 Å². The smallest absolute Gasteiger partial charge is 0.306 e. The average molecular weight is 277 g/mol. The highest BCUT2D eigenvalue weighted by Gasteiger charge is 2.32. The third-order valence-electron chi connectivity index (χ3n) is 3.93. The highest BCUT2D eigenvalue weighted by molar-refractivity contribution is 5.96. The predicted octanol–water partition coefficient (Wildman–Crippen LogP) is 2.03. The molecule has 2 atom stereocenters. The lowest BCUT2D eigenvalue weighted by Crippen LogP contribution is -2.46. The van der Waals surface area contributed by atoms with Crippen LogP contribution in [0, 0.1) is 12.8 Å². The molecule has 20 heavy (non-hydrogen) atoms. The van der Waals surface area contributed by atoms with E-state index in [4.69, 9.17) is 5.11 Å². The number of phenolic OH excluding ortho intramolecular Hbond substituents is 1. The maximum absolute atomic E-state index is 12.5. The minimum atomic E-state index is -0.787. The van der Waals surface area contributed by atoms with Crippen molar-refractivity contribution in [1.29, 1.82) is 0 Å². The van der Waals surface area contributed by atoms with E-state index in [1.165, 1.54) is 6.07 Å². The first kappa shape index (κ1) is 14.4. The van der Waals surface area contributed by atoms with Gasteiger partial charge in [-0.15, -0.1) is 0 Å². The number of rotatable bonds is 2. The van der Waals surface area contributed by atoms with E-state index < -0.39 is 5.97 Å². The second-order valence-electron chi connectivity index (χ2n) is 5.41. The van der Waals surface area contributed by atoms with Gasteiger partial charge >= 0.3 is 5.97 Å². The highest BCUT2D eigenvalue weighted by atomic mass is 16.4. The lowest BCUT2D eigenvalue weighted by Gasteiger charge is -2.36. The van der Waals surface area contributed by atoms with Crippen molar-refractivity contribution >= 4 is 11.9 Å². The lowest BCUT2D eigenvalue weighted by atomic mass is 9.91. The summed E-state index contributed by atoms with van der Waals surface area (Å²) in [6.45, 7) is 4.11. The van der Waals surface area contributed by atoms with Crippen molar-refractivity contribution < 1.29 is 19.8 Å². The van der Waals surface area contributed by atoms with Crippen LogP contribution in [-0.2, 0) is 4.79 Å². The molecule has 2 rings (SSSR count). The Labute approximate surface area is 117 Å². The van der Waals surface area contributed by atoms with Crippen LogP contribution in [-0.4, -0.2) is 39.6 Å². The third kappa shape index (κ3) is 2.76. The second kappa shape index (κ2) is 5.53. The van der Waals surface area contributed by atoms with E-state index >= 15 is 0 Å². The molecule has 0 bridgehead atoms. The molecule has 1 amide bonds. The maximum Gasteiger partial charge on any atom is 0.306 e. The first-order valence-corrected chi connectivity index (χ1v) is 6.73. The molecule has 5 heteroatoms. The van der Waals surface area contributed by atoms with Gasteiger partial charge in [0.25, 0.3) is 5.91 Å². The molecule has 0 aliphatic carbocycles. The fraction of sp³-hybridized carbons (Fsp3) is 0.467. The summed E-state index contributed by atoms with van der Waals surface area (Å²) in [6.07, 6.45) is 0.973. The molecule has 1 aromatic carbocycles. The largest absolute Gasteiger partial charge is 0.508 e. The van der Waals surface area contributed by atoms with Crippen LogP contribution in [0.2, 0.25) is 0 Å². The number of aromatic hydroxyl groups is 1. The molecule has 1 fully saturated rings. The first-order chi connectivity index (χ1) is 9.40. The summed E-state index contributed by atoms with van der Waals surface area (Å²) in [5.41, 5.74) is 1.28. The van der Waals surface area contributed by atoms with Gasteiger partial charge in [0, 0.05) is 18.2 Å². The number of carboxylic acids is 1. The Morgan fingerprint density at radius 2 is 2.05 bits per heavy atom. The topological polar surface area (TPSA) is 77.8 Å². The van der Waals surface area contributed by atoms with Crippen molar-refractivity contribution in [2.24, 2.45) is 5.92 Å². The number of nitrogens with zero attached hydrogens (tertiary/aromatic N) is 1. The molecule has 2 N–H and O–H groups in total. The number of phenols is 1. The number of carbonyl (C=O) groups excluding carboxylic acids is 1. The number of likely N-dealkylation sites (tertiary alicyclic amines) is 1. The maximum atomic E-state index is 12.5. The van der Waals surface area contributed by atoms with Crippen molar-refractivity contribution in [2.45, 2.75) is 32.7 Å². The number of benzene rings is 1. The van der Waals surface area contributed by atoms with Gasteiger partial charge in [-0.2, -0.15) is 0 Å². The van der Waals surface area contributed by atoms with Crippen LogP contribution in [0.1, 0.15) is 35.7 Å². The van der Waals surface area contributed by atoms with Crippen LogP contribution in [0.3, 0.4) is 0 Å². The van der Waals surface area contributed by atoms with Gasteiger partial charge in [0.15, 0.2) is 0 Å². The summed E-state index contributed by atoms with van der Waals surface area (Å²) in [4.78, 5) is 25.2. The van der Waals surface area contributed by atoms with Crippen molar-refractivity contribution in [3.63, 3.8) is 0 Å². The lowest BCUT2D eigenvalue weighted by molar-refractivity contribution is -0.143. The SMILES string of the molecule is Cc1cc(O)ccc1C(=O)N1CCC(C(=O)O)CC1C. The monoisotopic (exact) mass is 277 g/mol. The van der Waals surface area contributed by atoms with Crippen LogP contribution in [0.25, 0.3) is 0 Å². The number of piperidine rings is 1. The van der Waals surface area contributed by atoms with Crippen molar-refractivity contribution in [3.05, 3.63) is 29.3 Å². The van der Waals surface area contributed by atoms with Gasteiger partial charge in [-0.3, -0.25) is 9.59 Å². The minimum Gasteiger partial charge on any atom is -0.508 e. The Morgan fingerprint density at radius 1 is 1.35 bits per heavy atom. The molecular weight excluding hydrogens is 258 g/mol. The number of carboxylic acid groups (broad SMARTS) is 1. The molecule has 1 saturated heterocycles. The molecule has 0 aromatic heterocycles. The Balaban J connectivity index is 2.16. The van der Waals surface area contributed by atoms with Crippen LogP contribution in [0.15, 0.2) is 18.2 Å². The standard InChI is InChI=1S/C15H19NO4/c1-9-7-12(17)3-4-13(9)14(18)16-6-5-11(15(19)20)8-10(16)2/h3-4,7,10-11,17H,5-6,8H2,1-2H3,(H,19,20). The van der Waals surface area contributed by atoms with Crippen LogP contribution < -0.4 is 0 Å². The van der Waals surface area contributed by atoms with Gasteiger partial charge in [0.05, 0.1) is 5.92 Å². The summed E-state index contributed by atoms with van der Waals surface area (Å²) < 4.78 is 0. The molecular formula is C15H19NO4. The van der Waals surface area contributed by atoms with E-state index in [0.29, 0.717) is 24.9 Å². The van der Waals surface area contributed by atoms with E-state index in [-0.39, 0.29) is 23.6 Å². The summed E-state index contributed by atoms with van der Waals surface area (Å²) in [5, 5.41) is 18.4. The van der Waals surface area contributed by atoms with Gasteiger partial charge in [-0.25, -0.2) is 0 Å². The number of hydrogen-bond donors (Lipinski definition) is 2. The van der Waals surface area contributed by atoms with E-state index in [0.717, 1.165) is 5.56 Å². The zero-order valence-electron chi connectivity index (χ0n) is 11.7. The van der Waals surface area contributed by atoms with E-state index in [1.807, 2.05) is 6.92 Å². The number of aliphatic carboxylic acids is 1. The van der Waals surface area contributed by atoms with Crippen LogP contribution in [0.4, 0.5) is 0 Å². The molecule has 0 spiro atoms. The zero-order chi connectivity index (χ0) is 14.9. The number of amides is 1. The van der Waals surface area contributed by atoms with Gasteiger partial charge in [-0.1, -0.05) is 0 Å². The predicted molar refractivity (Wildman–Crippen MR) is 73.7 cm³/mol. The fourth-order valence-electron chi connectivity index (χ4n) is 2.74. The molecule has 1 aliphatic heterocycles. The Bertz CT molecular complexity index is 541. The molecule has 0 saturated carbocycles.